The van der Waals surface area contributed by atoms with Crippen molar-refractivity contribution in [1.82, 2.24) is 19.4 Å². The number of nitrogens with zero attached hydrogens (tertiary/aromatic N) is 3. The van der Waals surface area contributed by atoms with Crippen LogP contribution in [0.1, 0.15) is 29.6 Å². The predicted molar refractivity (Wildman–Crippen MR) is 131 cm³/mol. The lowest BCUT2D eigenvalue weighted by Crippen LogP contribution is -2.48. The minimum Gasteiger partial charge on any atom is -0.497 e. The second-order valence-corrected chi connectivity index (χ2v) is 10.7. The van der Waals surface area contributed by atoms with E-state index in [0.717, 1.165) is 13.0 Å². The number of piperazine rings is 1. The third kappa shape index (κ3) is 9.76. The van der Waals surface area contributed by atoms with E-state index in [2.05, 4.69) is 5.32 Å². The van der Waals surface area contributed by atoms with Crippen LogP contribution < -0.4 is 10.1 Å². The number of carboxylic acid groups (broad SMARTS) is 1. The number of likely N-dealkylation sites (tertiary alicyclic amines) is 1. The fourth-order valence-corrected chi connectivity index (χ4v) is 5.35. The van der Waals surface area contributed by atoms with Crippen LogP contribution in [0.15, 0.2) is 24.3 Å². The number of nitrogens with one attached hydrogen (secondary N) is 1. The number of aliphatic carboxylic acids is 1. The molecule has 2 saturated heterocycles. The fourth-order valence-electron chi connectivity index (χ4n) is 3.90. The first kappa shape index (κ1) is 31.3. The van der Waals surface area contributed by atoms with Crippen LogP contribution in [0.5, 0.6) is 5.75 Å². The number of ether oxygens (including phenoxy) is 1. The van der Waals surface area contributed by atoms with Crippen LogP contribution >= 0.6 is 0 Å². The molecule has 11 nitrogen and oxygen atoms in total. The molecule has 0 unspecified atom stereocenters. The average Bonchev–Trinajstić information content (AvgIpc) is 3.30. The molecule has 2 heterocycles. The van der Waals surface area contributed by atoms with Crippen molar-refractivity contribution in [1.29, 1.82) is 0 Å². The molecule has 0 bridgehead atoms. The number of hydrogen-bond acceptors (Lipinski definition) is 7. The highest BCUT2D eigenvalue weighted by Crippen LogP contribution is 2.15. The number of sulfonamides is 1. The average molecular weight is 567 g/mol. The van der Waals surface area contributed by atoms with Gasteiger partial charge in [0.1, 0.15) is 5.75 Å². The number of rotatable bonds is 10. The van der Waals surface area contributed by atoms with E-state index >= 15 is 0 Å². The Bertz CT molecular complexity index is 1050. The Hall–Kier alpha value is -2.91. The lowest BCUT2D eigenvalue weighted by Gasteiger charge is -2.29. The maximum Gasteiger partial charge on any atom is 0.490 e. The molecule has 0 radical (unpaired) electrons. The summed E-state index contributed by atoms with van der Waals surface area (Å²) in [5.74, 6) is -2.29. The van der Waals surface area contributed by atoms with Gasteiger partial charge in [0, 0.05) is 64.3 Å². The zero-order chi connectivity index (χ0) is 28.3. The SMILES string of the molecule is COc1ccc(C(=O)N(CCCN2CCCC2=O)CCS(=O)(=O)N2CCNCC2)cc1.O=C(O)C(F)(F)F. The van der Waals surface area contributed by atoms with Gasteiger partial charge in [-0.05, 0) is 37.1 Å². The van der Waals surface area contributed by atoms with Crippen LogP contribution in [0.3, 0.4) is 0 Å². The minimum absolute atomic E-state index is 0.114. The van der Waals surface area contributed by atoms with Crippen molar-refractivity contribution in [3.8, 4) is 5.75 Å². The van der Waals surface area contributed by atoms with Crippen LogP contribution in [0.4, 0.5) is 13.2 Å². The lowest BCUT2D eigenvalue weighted by atomic mass is 10.2. The predicted octanol–water partition coefficient (Wildman–Crippen LogP) is 1.02. The first-order valence-corrected chi connectivity index (χ1v) is 13.7. The Kier molecular flexibility index (Phi) is 11.8. The van der Waals surface area contributed by atoms with E-state index in [1.807, 2.05) is 4.90 Å². The van der Waals surface area contributed by atoms with Crippen LogP contribution in [0.25, 0.3) is 0 Å². The number of methoxy groups -OCH3 is 1. The lowest BCUT2D eigenvalue weighted by molar-refractivity contribution is -0.192. The third-order valence-corrected chi connectivity index (χ3v) is 7.83. The van der Waals surface area contributed by atoms with Gasteiger partial charge in [-0.1, -0.05) is 0 Å². The van der Waals surface area contributed by atoms with Crippen LogP contribution in [-0.4, -0.2) is 117 Å². The summed E-state index contributed by atoms with van der Waals surface area (Å²) in [5, 5.41) is 10.3. The Balaban J connectivity index is 0.000000638. The Morgan fingerprint density at radius 2 is 1.71 bits per heavy atom. The topological polar surface area (TPSA) is 137 Å². The molecular weight excluding hydrogens is 533 g/mol. The zero-order valence-electron chi connectivity index (χ0n) is 21.1. The molecule has 0 aromatic heterocycles. The van der Waals surface area contributed by atoms with E-state index in [0.29, 0.717) is 63.4 Å². The normalized spacial score (nSPS) is 16.5. The molecule has 1 aromatic rings. The number of hydrogen-bond donors (Lipinski definition) is 2. The summed E-state index contributed by atoms with van der Waals surface area (Å²) in [6, 6.07) is 6.80. The van der Waals surface area contributed by atoms with Gasteiger partial charge in [-0.25, -0.2) is 13.2 Å². The van der Waals surface area contributed by atoms with Crippen molar-refractivity contribution < 1.29 is 45.8 Å². The summed E-state index contributed by atoms with van der Waals surface area (Å²) in [6.45, 7) is 4.02. The number of carbonyl (C=O) groups excluding carboxylic acids is 2. The molecule has 15 heteroatoms. The number of carboxylic acids is 1. The fraction of sp³-hybridized carbons (Fsp3) is 0.609. The summed E-state index contributed by atoms with van der Waals surface area (Å²) >= 11 is 0. The number of benzene rings is 1. The molecular formula is C23H33F3N4O7S. The summed E-state index contributed by atoms with van der Waals surface area (Å²) in [7, 11) is -1.88. The molecule has 2 fully saturated rings. The van der Waals surface area contributed by atoms with Gasteiger partial charge in [0.15, 0.2) is 0 Å². The molecule has 38 heavy (non-hydrogen) atoms. The standard InChI is InChI=1S/C21H32N4O5S.C2HF3O2/c1-30-19-7-5-18(6-8-19)21(27)24(13-3-12-23-11-2-4-20(23)26)16-17-31(28,29)25-14-9-22-10-15-25;3-2(4,5)1(6)7/h5-8,22H,2-4,9-17H2,1H3;(H,6,7). The highest BCUT2D eigenvalue weighted by atomic mass is 32.2. The monoisotopic (exact) mass is 566 g/mol. The van der Waals surface area contributed by atoms with Crippen molar-refractivity contribution in [2.75, 3.05) is 65.2 Å². The third-order valence-electron chi connectivity index (χ3n) is 5.98. The highest BCUT2D eigenvalue weighted by Gasteiger charge is 2.38. The van der Waals surface area contributed by atoms with Gasteiger partial charge in [-0.3, -0.25) is 9.59 Å². The van der Waals surface area contributed by atoms with Gasteiger partial charge < -0.3 is 25.0 Å². The zero-order valence-corrected chi connectivity index (χ0v) is 21.9. The van der Waals surface area contributed by atoms with Gasteiger partial charge >= 0.3 is 12.1 Å². The van der Waals surface area contributed by atoms with Crippen LogP contribution in [0.2, 0.25) is 0 Å². The van der Waals surface area contributed by atoms with E-state index in [1.165, 1.54) is 4.31 Å². The smallest absolute Gasteiger partial charge is 0.490 e. The number of alkyl halides is 3. The first-order chi connectivity index (χ1) is 17.8. The van der Waals surface area contributed by atoms with Gasteiger partial charge in [0.05, 0.1) is 12.9 Å². The molecule has 0 atom stereocenters. The van der Waals surface area contributed by atoms with Gasteiger partial charge in [0.2, 0.25) is 15.9 Å². The second-order valence-electron chi connectivity index (χ2n) is 8.63. The van der Waals surface area contributed by atoms with E-state index in [1.54, 1.807) is 36.3 Å². The maximum atomic E-state index is 13.1. The summed E-state index contributed by atoms with van der Waals surface area (Å²) in [4.78, 5) is 37.3. The number of carbonyl (C=O) groups is 3. The molecule has 0 spiro atoms. The van der Waals surface area contributed by atoms with Crippen LogP contribution in [0, 0.1) is 0 Å². The van der Waals surface area contributed by atoms with E-state index < -0.39 is 22.2 Å². The molecule has 2 aliphatic heterocycles. The quantitative estimate of drug-likeness (QED) is 0.429. The van der Waals surface area contributed by atoms with Crippen molar-refractivity contribution in [3.63, 3.8) is 0 Å². The second kappa shape index (κ2) is 14.3. The maximum absolute atomic E-state index is 13.1. The highest BCUT2D eigenvalue weighted by molar-refractivity contribution is 7.89. The van der Waals surface area contributed by atoms with E-state index in [9.17, 15) is 31.2 Å². The molecule has 2 amide bonds. The van der Waals surface area contributed by atoms with E-state index in [4.69, 9.17) is 14.6 Å². The molecule has 214 valence electrons. The first-order valence-electron chi connectivity index (χ1n) is 12.0. The van der Waals surface area contributed by atoms with Gasteiger partial charge in [0.25, 0.3) is 5.91 Å². The number of halogens is 3. The minimum atomic E-state index is -5.08. The molecule has 0 aliphatic carbocycles. The van der Waals surface area contributed by atoms with Crippen molar-refractivity contribution in [2.45, 2.75) is 25.4 Å². The molecule has 0 saturated carbocycles. The van der Waals surface area contributed by atoms with Crippen molar-refractivity contribution >= 4 is 27.8 Å². The summed E-state index contributed by atoms with van der Waals surface area (Å²) in [5.41, 5.74) is 0.484. The Morgan fingerprint density at radius 1 is 1.11 bits per heavy atom. The van der Waals surface area contributed by atoms with Crippen molar-refractivity contribution in [2.24, 2.45) is 0 Å². The largest absolute Gasteiger partial charge is 0.497 e. The summed E-state index contributed by atoms with van der Waals surface area (Å²) in [6.07, 6.45) is -3.02. The Labute approximate surface area is 219 Å². The van der Waals surface area contributed by atoms with Gasteiger partial charge in [-0.15, -0.1) is 0 Å². The van der Waals surface area contributed by atoms with E-state index in [-0.39, 0.29) is 24.1 Å². The number of amides is 2. The van der Waals surface area contributed by atoms with Crippen molar-refractivity contribution in [3.05, 3.63) is 29.8 Å². The molecule has 2 N–H and O–H groups in total. The van der Waals surface area contributed by atoms with Gasteiger partial charge in [-0.2, -0.15) is 17.5 Å². The Morgan fingerprint density at radius 3 is 2.21 bits per heavy atom. The molecule has 2 aliphatic rings. The van der Waals surface area contributed by atoms with Crippen LogP contribution in [-0.2, 0) is 19.6 Å². The molecule has 1 aromatic carbocycles. The molecule has 3 rings (SSSR count). The summed E-state index contributed by atoms with van der Waals surface area (Å²) < 4.78 is 63.9.